The molecule has 0 aliphatic carbocycles. The summed E-state index contributed by atoms with van der Waals surface area (Å²) >= 11 is 0. The van der Waals surface area contributed by atoms with Crippen LogP contribution in [0.15, 0.2) is 41.3 Å². The van der Waals surface area contributed by atoms with Crippen LogP contribution in [0.1, 0.15) is 11.4 Å². The molecule has 0 amide bonds. The smallest absolute Gasteiger partial charge is 0.214 e. The molecule has 1 aliphatic rings. The van der Waals surface area contributed by atoms with Crippen LogP contribution in [-0.4, -0.2) is 24.3 Å². The van der Waals surface area contributed by atoms with Crippen LogP contribution in [0.3, 0.4) is 0 Å². The number of halogens is 25. The van der Waals surface area contributed by atoms with Gasteiger partial charge in [-0.15, -0.1) is 0 Å². The van der Waals surface area contributed by atoms with Gasteiger partial charge in [-0.1, -0.05) is 0 Å². The lowest BCUT2D eigenvalue weighted by atomic mass is 9.99. The second kappa shape index (κ2) is 19.2. The number of benzene rings is 5. The number of nitrogens with zero attached hydrogens (tertiary/aromatic N) is 3. The molecule has 12 rings (SSSR count). The molecule has 7 bridgehead atoms. The first-order valence-electron chi connectivity index (χ1n) is 23.1. The number of aromatic nitrogens is 5. The predicted octanol–water partition coefficient (Wildman–Crippen LogP) is 16.8. The standard InChI is InChI=1S/C55H10F25N5O/c56-27-18(28(57)38(67)47(76)37(27)66)10-8-81-52-9-7-17-53(22(16-6-5-15(10)85(16)17)26-35(64)45(74)51(80)46(75)36(26)65)84-54(55(9)86)21(25-33(62)43(72)50(79)44(73)34(25)63)14-4-2-12(83-14)19(23-29(58)39(68)48(77)40(69)30(23)59)11-1-3-13(82-11)20(52)24-31(60)41(70)49(78)42(71)32(24)61/h1-8,81-82H. The maximum Gasteiger partial charge on any atom is 0.214 e. The van der Waals surface area contributed by atoms with Crippen LogP contribution < -0.4 is 5.43 Å². The Morgan fingerprint density at radius 2 is 0.651 bits per heavy atom. The third-order valence-corrected chi connectivity index (χ3v) is 13.9. The van der Waals surface area contributed by atoms with Crippen molar-refractivity contribution in [3.8, 4) is 55.6 Å². The lowest BCUT2D eigenvalue weighted by Gasteiger charge is -2.11. The molecule has 6 nitrogen and oxygen atoms in total. The quantitative estimate of drug-likeness (QED) is 0.102. The molecule has 0 unspecified atom stereocenters. The van der Waals surface area contributed by atoms with Gasteiger partial charge in [0.25, 0.3) is 0 Å². The number of aromatic amines is 2. The number of hydrogen-bond acceptors (Lipinski definition) is 3. The first-order valence-corrected chi connectivity index (χ1v) is 23.1. The minimum atomic E-state index is -3.02. The van der Waals surface area contributed by atoms with Gasteiger partial charge >= 0.3 is 0 Å². The molecule has 11 aromatic rings. The third-order valence-electron chi connectivity index (χ3n) is 13.9. The second-order valence-corrected chi connectivity index (χ2v) is 18.3. The fourth-order valence-corrected chi connectivity index (χ4v) is 10.1. The summed E-state index contributed by atoms with van der Waals surface area (Å²) in [4.78, 5) is 27.8. The second-order valence-electron chi connectivity index (χ2n) is 18.3. The Labute approximate surface area is 454 Å². The summed E-state index contributed by atoms with van der Waals surface area (Å²) in [5.74, 6) is -72.2. The van der Waals surface area contributed by atoms with E-state index in [0.29, 0.717) is 40.8 Å². The number of H-pyrrole nitrogens is 2. The van der Waals surface area contributed by atoms with E-state index in [1.165, 1.54) is 0 Å². The van der Waals surface area contributed by atoms with Gasteiger partial charge in [0.05, 0.1) is 72.2 Å². The highest BCUT2D eigenvalue weighted by atomic mass is 19.2. The average Bonchev–Trinajstić information content (AvgIpc) is 2.80. The van der Waals surface area contributed by atoms with Gasteiger partial charge in [0, 0.05) is 45.0 Å². The molecule has 7 heterocycles. The average molecular weight is 1230 g/mol. The Balaban J connectivity index is 1.53. The zero-order valence-corrected chi connectivity index (χ0v) is 40.3. The van der Waals surface area contributed by atoms with Crippen molar-refractivity contribution < 1.29 is 110 Å². The highest BCUT2D eigenvalue weighted by molar-refractivity contribution is 6.12. The van der Waals surface area contributed by atoms with Crippen molar-refractivity contribution in [1.29, 1.82) is 0 Å². The molecule has 31 heteroatoms. The van der Waals surface area contributed by atoms with E-state index in [9.17, 15) is 22.0 Å². The van der Waals surface area contributed by atoms with Crippen molar-refractivity contribution in [3.63, 3.8) is 0 Å². The zero-order chi connectivity index (χ0) is 62.2. The van der Waals surface area contributed by atoms with Crippen LogP contribution in [-0.2, 0) is 0 Å². The first-order chi connectivity index (χ1) is 40.5. The van der Waals surface area contributed by atoms with Crippen LogP contribution in [0.25, 0.3) is 117 Å². The summed E-state index contributed by atoms with van der Waals surface area (Å²) in [6, 6.07) is 2.05. The Morgan fingerprint density at radius 1 is 0.314 bits per heavy atom. The van der Waals surface area contributed by atoms with Crippen LogP contribution in [0.2, 0.25) is 0 Å². The van der Waals surface area contributed by atoms with E-state index in [2.05, 4.69) is 15.0 Å². The monoisotopic (exact) mass is 1230 g/mol. The maximum atomic E-state index is 16.8. The third kappa shape index (κ3) is 7.43. The topological polar surface area (TPSA) is 78.8 Å². The summed E-state index contributed by atoms with van der Waals surface area (Å²) in [7, 11) is 0. The lowest BCUT2D eigenvalue weighted by molar-refractivity contribution is 0.381. The zero-order valence-electron chi connectivity index (χ0n) is 40.3. The summed E-state index contributed by atoms with van der Waals surface area (Å²) < 4.78 is 394. The molecule has 0 spiro atoms. The molecule has 436 valence electrons. The van der Waals surface area contributed by atoms with Gasteiger partial charge in [0.2, 0.25) is 34.5 Å². The first kappa shape index (κ1) is 56.4. The normalized spacial score (nSPS) is 12.2. The maximum absolute atomic E-state index is 16.8. The van der Waals surface area contributed by atoms with Gasteiger partial charge in [0.15, 0.2) is 116 Å². The van der Waals surface area contributed by atoms with Crippen molar-refractivity contribution in [2.45, 2.75) is 0 Å². The van der Waals surface area contributed by atoms with E-state index in [1.807, 2.05) is 4.98 Å². The molecule has 0 atom stereocenters. The lowest BCUT2D eigenvalue weighted by Crippen LogP contribution is -2.09. The van der Waals surface area contributed by atoms with Crippen LogP contribution in [0.4, 0.5) is 110 Å². The van der Waals surface area contributed by atoms with Gasteiger partial charge in [-0.25, -0.2) is 120 Å². The molecule has 5 aromatic carbocycles. The highest BCUT2D eigenvalue weighted by Crippen LogP contribution is 2.47. The molecule has 0 radical (unpaired) electrons. The van der Waals surface area contributed by atoms with Crippen molar-refractivity contribution in [2.75, 3.05) is 0 Å². The minimum Gasteiger partial charge on any atom is -0.360 e. The molecular formula is C55H10F25N5O. The molecule has 86 heavy (non-hydrogen) atoms. The summed E-state index contributed by atoms with van der Waals surface area (Å²) in [5.41, 5.74) is -36.4. The van der Waals surface area contributed by atoms with E-state index in [4.69, 9.17) is 0 Å². The summed E-state index contributed by atoms with van der Waals surface area (Å²) in [6.45, 7) is 0. The number of nitrogens with one attached hydrogen (secondary N) is 2. The number of fused-ring (bicyclic) bond motifs is 5. The minimum absolute atomic E-state index is 0.00550. The molecule has 6 aromatic heterocycles. The highest BCUT2D eigenvalue weighted by Gasteiger charge is 2.38. The van der Waals surface area contributed by atoms with Crippen LogP contribution >= 0.6 is 0 Å². The predicted molar refractivity (Wildman–Crippen MR) is 251 cm³/mol. The van der Waals surface area contributed by atoms with E-state index < -0.39 is 267 Å². The van der Waals surface area contributed by atoms with Crippen molar-refractivity contribution in [1.82, 2.24) is 24.3 Å². The molecule has 0 saturated heterocycles. The largest absolute Gasteiger partial charge is 0.360 e. The van der Waals surface area contributed by atoms with Gasteiger partial charge < -0.3 is 14.4 Å². The Bertz CT molecular complexity index is 5080. The van der Waals surface area contributed by atoms with Crippen molar-refractivity contribution >= 4 is 61.7 Å². The molecular weight excluding hydrogens is 1220 g/mol. The van der Waals surface area contributed by atoms with Crippen molar-refractivity contribution in [3.05, 3.63) is 204 Å². The molecule has 0 saturated carbocycles. The van der Waals surface area contributed by atoms with Crippen LogP contribution in [0.5, 0.6) is 0 Å². The number of rotatable bonds is 5. The van der Waals surface area contributed by atoms with Gasteiger partial charge in [-0.05, 0) is 42.5 Å². The fourth-order valence-electron chi connectivity index (χ4n) is 10.1. The SMILES string of the molecule is O=c1c2nc3c(-c4c(F)c(F)c(F)c(F)c4F)c4ccc5c(-c6c(F)c(F)c(F)c(F)c6F)c[nH]c(c(-c6c(F)c(F)c(F)c(F)c6F)c6ccc([nH]6)c(-c6c(F)c(F)c(F)c(F)c6F)c6nc(c2-c2c(F)c(F)c(F)c(F)c2F)C=C6)c1cc3n54. The van der Waals surface area contributed by atoms with E-state index in [-0.39, 0.29) is 12.3 Å². The Hall–Kier alpha value is -10.1. The number of hydrogen-bond donors (Lipinski definition) is 2. The molecule has 0 fully saturated rings. The fraction of sp³-hybridized carbons (Fsp3) is 0. The van der Waals surface area contributed by atoms with Crippen molar-refractivity contribution in [2.24, 2.45) is 0 Å². The van der Waals surface area contributed by atoms with Gasteiger partial charge in [0.1, 0.15) is 5.52 Å². The summed E-state index contributed by atoms with van der Waals surface area (Å²) in [6.07, 6.45) is 0.725. The van der Waals surface area contributed by atoms with E-state index >= 15 is 92.6 Å². The van der Waals surface area contributed by atoms with Gasteiger partial charge in [-0.3, -0.25) is 4.79 Å². The van der Waals surface area contributed by atoms with E-state index in [0.717, 1.165) is 0 Å². The van der Waals surface area contributed by atoms with E-state index in [1.54, 1.807) is 0 Å². The summed E-state index contributed by atoms with van der Waals surface area (Å²) in [5, 5.41) is -1.71. The Kier molecular flexibility index (Phi) is 12.6. The Morgan fingerprint density at radius 3 is 1.08 bits per heavy atom. The molecule has 1 aliphatic heterocycles. The van der Waals surface area contributed by atoms with Crippen LogP contribution in [0, 0.1) is 145 Å². The molecule has 2 N–H and O–H groups in total. The van der Waals surface area contributed by atoms with Gasteiger partial charge in [-0.2, -0.15) is 0 Å².